The third kappa shape index (κ3) is 3.40. The van der Waals surface area contributed by atoms with Crippen molar-refractivity contribution in [1.82, 2.24) is 0 Å². The van der Waals surface area contributed by atoms with Gasteiger partial charge >= 0.3 is 5.97 Å². The molecule has 0 bridgehead atoms. The fourth-order valence-corrected chi connectivity index (χ4v) is 1.44. The molecule has 0 saturated heterocycles. The first-order chi connectivity index (χ1) is 7.15. The number of aromatic carboxylic acids is 1. The fraction of sp³-hybridized carbons (Fsp3) is 0.182. The molecule has 1 aromatic carbocycles. The molecule has 0 heterocycles. The lowest BCUT2D eigenvalue weighted by Gasteiger charge is -2.02. The lowest BCUT2D eigenvalue weighted by Crippen LogP contribution is -2.00. The van der Waals surface area contributed by atoms with Gasteiger partial charge in [0.15, 0.2) is 0 Å². The molecule has 0 unspecified atom stereocenters. The Kier molecular flexibility index (Phi) is 4.37. The van der Waals surface area contributed by atoms with Gasteiger partial charge in [-0.25, -0.2) is 4.79 Å². The van der Waals surface area contributed by atoms with Crippen LogP contribution in [-0.2, 0) is 0 Å². The number of allylic oxidation sites excluding steroid dienone is 1. The van der Waals surface area contributed by atoms with Gasteiger partial charge in [0.25, 0.3) is 0 Å². The van der Waals surface area contributed by atoms with E-state index >= 15 is 0 Å². The molecule has 0 fully saturated rings. The maximum atomic E-state index is 10.9. The van der Waals surface area contributed by atoms with E-state index in [1.165, 1.54) is 6.07 Å². The van der Waals surface area contributed by atoms with Gasteiger partial charge in [-0.1, -0.05) is 34.1 Å². The molecular formula is C11H12BrNO2. The molecule has 1 rings (SSSR count). The molecule has 0 aromatic heterocycles. The minimum absolute atomic E-state index is 0.237. The van der Waals surface area contributed by atoms with E-state index in [1.807, 2.05) is 6.08 Å². The number of hydrogen-bond acceptors (Lipinski definition) is 2. The van der Waals surface area contributed by atoms with Crippen LogP contribution in [0.25, 0.3) is 6.08 Å². The van der Waals surface area contributed by atoms with Crippen molar-refractivity contribution in [2.75, 3.05) is 11.1 Å². The first-order valence-electron chi connectivity index (χ1n) is 4.50. The summed E-state index contributed by atoms with van der Waals surface area (Å²) in [6.45, 7) is 0. The van der Waals surface area contributed by atoms with Crippen molar-refractivity contribution in [1.29, 1.82) is 0 Å². The molecule has 3 N–H and O–H groups in total. The van der Waals surface area contributed by atoms with Gasteiger partial charge < -0.3 is 10.8 Å². The van der Waals surface area contributed by atoms with Crippen molar-refractivity contribution < 1.29 is 9.90 Å². The normalized spacial score (nSPS) is 10.7. The van der Waals surface area contributed by atoms with Crippen molar-refractivity contribution in [2.24, 2.45) is 0 Å². The van der Waals surface area contributed by atoms with Gasteiger partial charge in [0.05, 0.1) is 5.56 Å². The van der Waals surface area contributed by atoms with Crippen molar-refractivity contribution in [3.63, 3.8) is 0 Å². The lowest BCUT2D eigenvalue weighted by molar-refractivity contribution is 0.0696. The van der Waals surface area contributed by atoms with Crippen LogP contribution in [-0.4, -0.2) is 16.4 Å². The molecule has 0 amide bonds. The second-order valence-electron chi connectivity index (χ2n) is 3.03. The van der Waals surface area contributed by atoms with E-state index in [9.17, 15) is 4.79 Å². The Morgan fingerprint density at radius 1 is 1.53 bits per heavy atom. The quantitative estimate of drug-likeness (QED) is 0.653. The highest BCUT2D eigenvalue weighted by atomic mass is 79.9. The van der Waals surface area contributed by atoms with Crippen molar-refractivity contribution in [3.05, 3.63) is 35.4 Å². The molecule has 0 aliphatic heterocycles. The molecule has 4 heteroatoms. The van der Waals surface area contributed by atoms with Gasteiger partial charge in [-0.15, -0.1) is 0 Å². The molecule has 0 spiro atoms. The summed E-state index contributed by atoms with van der Waals surface area (Å²) < 4.78 is 0. The molecule has 0 aliphatic rings. The smallest absolute Gasteiger partial charge is 0.336 e. The second-order valence-corrected chi connectivity index (χ2v) is 3.82. The number of carboxylic acids is 1. The zero-order valence-electron chi connectivity index (χ0n) is 8.11. The number of alkyl halides is 1. The zero-order chi connectivity index (χ0) is 11.3. The van der Waals surface area contributed by atoms with Crippen LogP contribution in [0.5, 0.6) is 0 Å². The van der Waals surface area contributed by atoms with Crippen LogP contribution in [0.4, 0.5) is 5.69 Å². The molecule has 80 valence electrons. The van der Waals surface area contributed by atoms with Crippen LogP contribution in [0.1, 0.15) is 22.3 Å². The zero-order valence-corrected chi connectivity index (χ0v) is 9.70. The Hall–Kier alpha value is -1.29. The van der Waals surface area contributed by atoms with E-state index in [-0.39, 0.29) is 5.56 Å². The summed E-state index contributed by atoms with van der Waals surface area (Å²) in [5.74, 6) is -0.958. The number of nitrogen functional groups attached to an aromatic ring is 1. The topological polar surface area (TPSA) is 63.3 Å². The standard InChI is InChI=1S/C11H12BrNO2/c12-6-2-1-3-8-4-5-9(13)7-10(8)11(14)15/h1,3-5,7H,2,6,13H2,(H,14,15). The van der Waals surface area contributed by atoms with E-state index < -0.39 is 5.97 Å². The Labute approximate surface area is 96.7 Å². The summed E-state index contributed by atoms with van der Waals surface area (Å²) in [4.78, 5) is 10.9. The average Bonchev–Trinajstić information content (AvgIpc) is 2.20. The van der Waals surface area contributed by atoms with E-state index in [4.69, 9.17) is 10.8 Å². The summed E-state index contributed by atoms with van der Waals surface area (Å²) >= 11 is 3.29. The van der Waals surface area contributed by atoms with Gasteiger partial charge in [0.2, 0.25) is 0 Å². The summed E-state index contributed by atoms with van der Waals surface area (Å²) in [5, 5.41) is 9.81. The van der Waals surface area contributed by atoms with E-state index in [0.717, 1.165) is 11.8 Å². The van der Waals surface area contributed by atoms with Crippen LogP contribution < -0.4 is 5.73 Å². The molecule has 0 saturated carbocycles. The van der Waals surface area contributed by atoms with Crippen LogP contribution in [0.3, 0.4) is 0 Å². The van der Waals surface area contributed by atoms with Crippen molar-refractivity contribution >= 4 is 33.7 Å². The van der Waals surface area contributed by atoms with E-state index in [2.05, 4.69) is 15.9 Å². The number of carbonyl (C=O) groups is 1. The highest BCUT2D eigenvalue weighted by molar-refractivity contribution is 9.09. The van der Waals surface area contributed by atoms with Crippen molar-refractivity contribution in [2.45, 2.75) is 6.42 Å². The first kappa shape index (κ1) is 11.8. The van der Waals surface area contributed by atoms with Crippen LogP contribution in [0.15, 0.2) is 24.3 Å². The average molecular weight is 270 g/mol. The molecule has 0 atom stereocenters. The fourth-order valence-electron chi connectivity index (χ4n) is 1.18. The Morgan fingerprint density at radius 3 is 2.87 bits per heavy atom. The molecule has 0 radical (unpaired) electrons. The number of benzene rings is 1. The minimum atomic E-state index is -0.958. The molecule has 15 heavy (non-hydrogen) atoms. The molecule has 0 aliphatic carbocycles. The highest BCUT2D eigenvalue weighted by Crippen LogP contribution is 2.15. The Balaban J connectivity index is 3.01. The van der Waals surface area contributed by atoms with Crippen LogP contribution in [0, 0.1) is 0 Å². The highest BCUT2D eigenvalue weighted by Gasteiger charge is 2.07. The number of carboxylic acid groups (broad SMARTS) is 1. The van der Waals surface area contributed by atoms with Gasteiger partial charge in [-0.05, 0) is 24.1 Å². The third-order valence-electron chi connectivity index (χ3n) is 1.88. The number of rotatable bonds is 4. The summed E-state index contributed by atoms with van der Waals surface area (Å²) in [7, 11) is 0. The summed E-state index contributed by atoms with van der Waals surface area (Å²) in [6, 6.07) is 4.87. The predicted octanol–water partition coefficient (Wildman–Crippen LogP) is 2.77. The molecular weight excluding hydrogens is 258 g/mol. The number of nitrogens with two attached hydrogens (primary N) is 1. The van der Waals surface area contributed by atoms with Crippen molar-refractivity contribution in [3.8, 4) is 0 Å². The van der Waals surface area contributed by atoms with Gasteiger partial charge in [-0.2, -0.15) is 0 Å². The van der Waals surface area contributed by atoms with E-state index in [1.54, 1.807) is 18.2 Å². The number of hydrogen-bond donors (Lipinski definition) is 2. The molecule has 1 aromatic rings. The number of anilines is 1. The lowest BCUT2D eigenvalue weighted by atomic mass is 10.1. The SMILES string of the molecule is Nc1ccc(C=CCCBr)c(C(=O)O)c1. The summed E-state index contributed by atoms with van der Waals surface area (Å²) in [6.07, 6.45) is 4.58. The minimum Gasteiger partial charge on any atom is -0.478 e. The second kappa shape index (κ2) is 5.56. The number of halogens is 1. The van der Waals surface area contributed by atoms with Crippen LogP contribution in [0.2, 0.25) is 0 Å². The van der Waals surface area contributed by atoms with Gasteiger partial charge in [0, 0.05) is 11.0 Å². The molecule has 3 nitrogen and oxygen atoms in total. The van der Waals surface area contributed by atoms with Gasteiger partial charge in [-0.3, -0.25) is 0 Å². The maximum absolute atomic E-state index is 10.9. The third-order valence-corrected chi connectivity index (χ3v) is 2.34. The largest absolute Gasteiger partial charge is 0.478 e. The summed E-state index contributed by atoms with van der Waals surface area (Å²) in [5.41, 5.74) is 6.90. The Bertz CT molecular complexity index is 388. The predicted molar refractivity (Wildman–Crippen MR) is 65.3 cm³/mol. The van der Waals surface area contributed by atoms with Crippen LogP contribution >= 0.6 is 15.9 Å². The van der Waals surface area contributed by atoms with Gasteiger partial charge in [0.1, 0.15) is 0 Å². The maximum Gasteiger partial charge on any atom is 0.336 e. The van der Waals surface area contributed by atoms with E-state index in [0.29, 0.717) is 11.3 Å². The Morgan fingerprint density at radius 2 is 2.27 bits per heavy atom. The monoisotopic (exact) mass is 269 g/mol. The first-order valence-corrected chi connectivity index (χ1v) is 5.62.